The van der Waals surface area contributed by atoms with Crippen LogP contribution in [0.25, 0.3) is 0 Å². The molecule has 0 saturated heterocycles. The molecule has 2 rings (SSSR count). The van der Waals surface area contributed by atoms with Gasteiger partial charge in [0.25, 0.3) is 0 Å². The van der Waals surface area contributed by atoms with Gasteiger partial charge in [-0.05, 0) is 43.4 Å². The van der Waals surface area contributed by atoms with Crippen LogP contribution in [0, 0.1) is 19.8 Å². The maximum absolute atomic E-state index is 11.8. The molecule has 0 aromatic carbocycles. The van der Waals surface area contributed by atoms with Crippen molar-refractivity contribution in [2.24, 2.45) is 5.92 Å². The van der Waals surface area contributed by atoms with E-state index >= 15 is 0 Å². The first-order chi connectivity index (χ1) is 12.9. The average molecular weight is 373 g/mol. The molecule has 0 aliphatic heterocycles. The van der Waals surface area contributed by atoms with Crippen LogP contribution in [0.1, 0.15) is 51.0 Å². The molecule has 5 heteroatoms. The summed E-state index contributed by atoms with van der Waals surface area (Å²) >= 11 is 0. The molecule has 0 spiro atoms. The third-order valence-electron chi connectivity index (χ3n) is 4.65. The van der Waals surface area contributed by atoms with Crippen molar-refractivity contribution in [3.8, 4) is 0 Å². The van der Waals surface area contributed by atoms with E-state index in [0.29, 0.717) is 25.5 Å². The predicted octanol–water partition coefficient (Wildman–Crippen LogP) is 4.64. The molecule has 0 radical (unpaired) electrons. The Morgan fingerprint density at radius 3 is 2.74 bits per heavy atom. The van der Waals surface area contributed by atoms with Gasteiger partial charge in [0, 0.05) is 13.3 Å². The van der Waals surface area contributed by atoms with Crippen molar-refractivity contribution in [3.63, 3.8) is 0 Å². The van der Waals surface area contributed by atoms with Gasteiger partial charge >= 0.3 is 5.97 Å². The highest BCUT2D eigenvalue weighted by Crippen LogP contribution is 2.28. The van der Waals surface area contributed by atoms with Crippen molar-refractivity contribution in [2.75, 3.05) is 13.2 Å². The van der Waals surface area contributed by atoms with Crippen molar-refractivity contribution in [2.45, 2.75) is 60.0 Å². The fourth-order valence-electron chi connectivity index (χ4n) is 3.31. The summed E-state index contributed by atoms with van der Waals surface area (Å²) in [4.78, 5) is 16.2. The molecule has 0 fully saturated rings. The standard InChI is InChI=1S/C22H31NO4/c1-6-18-14-19(26-12-11-21-16(4)27-17(5)23-21)9-8-10-20(18)15(3)13-22(24)25-7-2/h8-10,14-15,19H,6-7,11-13H2,1-5H3. The van der Waals surface area contributed by atoms with Crippen molar-refractivity contribution in [1.29, 1.82) is 0 Å². The minimum Gasteiger partial charge on any atom is -0.466 e. The first-order valence-electron chi connectivity index (χ1n) is 9.74. The molecule has 2 atom stereocenters. The van der Waals surface area contributed by atoms with Crippen LogP contribution < -0.4 is 0 Å². The molecule has 2 unspecified atom stereocenters. The molecular formula is C22H31NO4. The second kappa shape index (κ2) is 10.3. The second-order valence-electron chi connectivity index (χ2n) is 6.78. The van der Waals surface area contributed by atoms with Gasteiger partial charge in [-0.3, -0.25) is 4.79 Å². The molecule has 1 aromatic rings. The highest BCUT2D eigenvalue weighted by molar-refractivity contribution is 5.70. The zero-order valence-corrected chi connectivity index (χ0v) is 17.1. The summed E-state index contributed by atoms with van der Waals surface area (Å²) in [6, 6.07) is 0. The maximum atomic E-state index is 11.8. The largest absolute Gasteiger partial charge is 0.466 e. The number of carbonyl (C=O) groups is 1. The second-order valence-corrected chi connectivity index (χ2v) is 6.78. The van der Waals surface area contributed by atoms with Crippen LogP contribution in [-0.4, -0.2) is 30.3 Å². The summed E-state index contributed by atoms with van der Waals surface area (Å²) in [6.07, 6.45) is 10.2. The Morgan fingerprint density at radius 2 is 2.11 bits per heavy atom. The van der Waals surface area contributed by atoms with Gasteiger partial charge in [-0.1, -0.05) is 32.1 Å². The molecule has 0 saturated carbocycles. The van der Waals surface area contributed by atoms with E-state index in [4.69, 9.17) is 13.9 Å². The predicted molar refractivity (Wildman–Crippen MR) is 105 cm³/mol. The van der Waals surface area contributed by atoms with Gasteiger partial charge < -0.3 is 13.9 Å². The van der Waals surface area contributed by atoms with Gasteiger partial charge in [-0.25, -0.2) is 4.98 Å². The fraction of sp³-hybridized carbons (Fsp3) is 0.545. The van der Waals surface area contributed by atoms with E-state index in [1.54, 1.807) is 0 Å². The number of oxazole rings is 1. The Hall–Kier alpha value is -2.14. The minimum absolute atomic E-state index is 0.0863. The lowest BCUT2D eigenvalue weighted by Crippen LogP contribution is -2.13. The molecule has 1 heterocycles. The summed E-state index contributed by atoms with van der Waals surface area (Å²) in [5.41, 5.74) is 3.35. The van der Waals surface area contributed by atoms with E-state index < -0.39 is 0 Å². The van der Waals surface area contributed by atoms with Crippen LogP contribution in [0.5, 0.6) is 0 Å². The molecule has 0 N–H and O–H groups in total. The third-order valence-corrected chi connectivity index (χ3v) is 4.65. The topological polar surface area (TPSA) is 61.6 Å². The van der Waals surface area contributed by atoms with Crippen molar-refractivity contribution in [1.82, 2.24) is 4.98 Å². The van der Waals surface area contributed by atoms with E-state index in [-0.39, 0.29) is 18.0 Å². The van der Waals surface area contributed by atoms with Crippen molar-refractivity contribution in [3.05, 3.63) is 52.8 Å². The lowest BCUT2D eigenvalue weighted by molar-refractivity contribution is -0.143. The number of carbonyl (C=O) groups excluding carboxylic acids is 1. The average Bonchev–Trinajstić information content (AvgIpc) is 2.82. The van der Waals surface area contributed by atoms with Crippen LogP contribution in [0.15, 0.2) is 39.9 Å². The Kier molecular flexibility index (Phi) is 8.04. The van der Waals surface area contributed by atoms with E-state index in [2.05, 4.69) is 31.0 Å². The lowest BCUT2D eigenvalue weighted by atomic mass is 9.89. The van der Waals surface area contributed by atoms with Crippen LogP contribution in [0.3, 0.4) is 0 Å². The fourth-order valence-corrected chi connectivity index (χ4v) is 3.31. The van der Waals surface area contributed by atoms with Crippen molar-refractivity contribution < 1.29 is 18.7 Å². The SMILES string of the molecule is CCOC(=O)CC(C)C1=CC=CC(OCCc2nc(C)oc2C)C=C1CC. The molecule has 1 aliphatic rings. The Balaban J connectivity index is 1.97. The van der Waals surface area contributed by atoms with Crippen molar-refractivity contribution >= 4 is 5.97 Å². The molecule has 0 amide bonds. The Bertz CT molecular complexity index is 727. The highest BCUT2D eigenvalue weighted by Gasteiger charge is 2.19. The first-order valence-corrected chi connectivity index (χ1v) is 9.74. The van der Waals surface area contributed by atoms with E-state index in [1.165, 1.54) is 11.1 Å². The van der Waals surface area contributed by atoms with Gasteiger partial charge in [0.1, 0.15) is 5.76 Å². The normalized spacial score (nSPS) is 17.9. The minimum atomic E-state index is -0.152. The number of allylic oxidation sites excluding steroid dienone is 4. The molecular weight excluding hydrogens is 342 g/mol. The zero-order valence-electron chi connectivity index (χ0n) is 17.1. The number of hydrogen-bond acceptors (Lipinski definition) is 5. The summed E-state index contributed by atoms with van der Waals surface area (Å²) in [5, 5.41) is 0. The quantitative estimate of drug-likeness (QED) is 0.590. The lowest BCUT2D eigenvalue weighted by Gasteiger charge is -2.18. The van der Waals surface area contributed by atoms with E-state index in [1.807, 2.05) is 32.9 Å². The van der Waals surface area contributed by atoms with Crippen LogP contribution in [-0.2, 0) is 20.7 Å². The third kappa shape index (κ3) is 6.21. The van der Waals surface area contributed by atoms with E-state index in [9.17, 15) is 4.79 Å². The molecule has 1 aliphatic carbocycles. The first kappa shape index (κ1) is 21.2. The summed E-state index contributed by atoms with van der Waals surface area (Å²) in [6.45, 7) is 10.8. The van der Waals surface area contributed by atoms with Crippen LogP contribution in [0.4, 0.5) is 0 Å². The number of ether oxygens (including phenoxy) is 2. The number of esters is 1. The summed E-state index contributed by atoms with van der Waals surface area (Å²) in [5.74, 6) is 1.50. The molecule has 0 bridgehead atoms. The van der Waals surface area contributed by atoms with Crippen LogP contribution in [0.2, 0.25) is 0 Å². The molecule has 5 nitrogen and oxygen atoms in total. The molecule has 148 valence electrons. The monoisotopic (exact) mass is 373 g/mol. The van der Waals surface area contributed by atoms with Gasteiger partial charge in [0.15, 0.2) is 5.89 Å². The Morgan fingerprint density at radius 1 is 1.33 bits per heavy atom. The Labute approximate surface area is 162 Å². The number of aryl methyl sites for hydroxylation is 2. The number of rotatable bonds is 9. The highest BCUT2D eigenvalue weighted by atomic mass is 16.5. The summed E-state index contributed by atoms with van der Waals surface area (Å²) < 4.78 is 16.6. The number of aromatic nitrogens is 1. The molecule has 27 heavy (non-hydrogen) atoms. The van der Waals surface area contributed by atoms with E-state index in [0.717, 1.165) is 24.3 Å². The van der Waals surface area contributed by atoms with Gasteiger partial charge in [0.05, 0.1) is 31.4 Å². The van der Waals surface area contributed by atoms with Gasteiger partial charge in [-0.2, -0.15) is 0 Å². The maximum Gasteiger partial charge on any atom is 0.306 e. The zero-order chi connectivity index (χ0) is 19.8. The molecule has 1 aromatic heterocycles. The van der Waals surface area contributed by atoms with Crippen LogP contribution >= 0.6 is 0 Å². The number of nitrogens with zero attached hydrogens (tertiary/aromatic N) is 1. The van der Waals surface area contributed by atoms with Gasteiger partial charge in [0.2, 0.25) is 0 Å². The van der Waals surface area contributed by atoms with Gasteiger partial charge in [-0.15, -0.1) is 0 Å². The number of hydrogen-bond donors (Lipinski definition) is 0. The summed E-state index contributed by atoms with van der Waals surface area (Å²) in [7, 11) is 0. The smallest absolute Gasteiger partial charge is 0.306 e.